The minimum Gasteiger partial charge on any atom is -0.379 e. The largest absolute Gasteiger partial charge is 0.379 e. The number of aromatic nitrogens is 2. The molecule has 0 unspecified atom stereocenters. The number of nitrogens with zero attached hydrogens (tertiary/aromatic N) is 2. The zero-order valence-electron chi connectivity index (χ0n) is 14.2. The van der Waals surface area contributed by atoms with Gasteiger partial charge in [-0.1, -0.05) is 30.3 Å². The van der Waals surface area contributed by atoms with Gasteiger partial charge >= 0.3 is 15.8 Å². The number of imidazole rings is 1. The molecule has 0 saturated carbocycles. The summed E-state index contributed by atoms with van der Waals surface area (Å²) in [6.45, 7) is 0. The van der Waals surface area contributed by atoms with Gasteiger partial charge in [-0.05, 0) is 41.1 Å². The van der Waals surface area contributed by atoms with Crippen molar-refractivity contribution in [2.24, 2.45) is 14.1 Å². The van der Waals surface area contributed by atoms with Crippen molar-refractivity contribution in [3.63, 3.8) is 0 Å². The van der Waals surface area contributed by atoms with E-state index in [9.17, 15) is 13.2 Å². The van der Waals surface area contributed by atoms with E-state index in [1.54, 1.807) is 32.3 Å². The quantitative estimate of drug-likeness (QED) is 0.522. The van der Waals surface area contributed by atoms with Gasteiger partial charge in [0.1, 0.15) is 10.6 Å². The smallest absolute Gasteiger partial charge is 0.339 e. The summed E-state index contributed by atoms with van der Waals surface area (Å²) in [5.41, 5.74) is 0.966. The van der Waals surface area contributed by atoms with Crippen molar-refractivity contribution in [3.8, 4) is 5.75 Å². The van der Waals surface area contributed by atoms with Crippen LogP contribution in [0.2, 0.25) is 0 Å². The van der Waals surface area contributed by atoms with Crippen molar-refractivity contribution in [2.75, 3.05) is 0 Å². The highest BCUT2D eigenvalue weighted by molar-refractivity contribution is 7.87. The molecule has 4 rings (SSSR count). The summed E-state index contributed by atoms with van der Waals surface area (Å²) >= 11 is 0. The predicted molar refractivity (Wildman–Crippen MR) is 99.9 cm³/mol. The summed E-state index contributed by atoms with van der Waals surface area (Å²) < 4.78 is 33.5. The van der Waals surface area contributed by atoms with E-state index >= 15 is 0 Å². The molecule has 0 atom stereocenters. The lowest BCUT2D eigenvalue weighted by atomic mass is 10.1. The Morgan fingerprint density at radius 2 is 1.50 bits per heavy atom. The summed E-state index contributed by atoms with van der Waals surface area (Å²) in [5, 5.41) is 1.89. The Bertz CT molecular complexity index is 1320. The lowest BCUT2D eigenvalue weighted by Crippen LogP contribution is -2.19. The molecule has 0 saturated heterocycles. The lowest BCUT2D eigenvalue weighted by Gasteiger charge is -2.08. The minimum atomic E-state index is -4.02. The highest BCUT2D eigenvalue weighted by atomic mass is 32.2. The first kappa shape index (κ1) is 16.4. The molecule has 0 bridgehead atoms. The van der Waals surface area contributed by atoms with Crippen molar-refractivity contribution >= 4 is 31.9 Å². The SMILES string of the molecule is Cn1c(=O)n(C)c2cc(S(=O)(=O)Oc3ccc4ccccc4c3)ccc21. The van der Waals surface area contributed by atoms with Crippen LogP contribution in [0.3, 0.4) is 0 Å². The van der Waals surface area contributed by atoms with E-state index in [1.165, 1.54) is 21.3 Å². The maximum Gasteiger partial charge on any atom is 0.339 e. The van der Waals surface area contributed by atoms with Gasteiger partial charge in [-0.2, -0.15) is 8.42 Å². The van der Waals surface area contributed by atoms with Crippen LogP contribution in [0.1, 0.15) is 0 Å². The van der Waals surface area contributed by atoms with Crippen LogP contribution in [0.4, 0.5) is 0 Å². The molecule has 132 valence electrons. The summed E-state index contributed by atoms with van der Waals surface area (Å²) in [5.74, 6) is 0.241. The Hall–Kier alpha value is -3.06. The van der Waals surface area contributed by atoms with E-state index in [1.807, 2.05) is 30.3 Å². The molecule has 0 radical (unpaired) electrons. The molecule has 4 aromatic rings. The number of hydrogen-bond acceptors (Lipinski definition) is 4. The molecule has 26 heavy (non-hydrogen) atoms. The van der Waals surface area contributed by atoms with Crippen molar-refractivity contribution < 1.29 is 12.6 Å². The zero-order chi connectivity index (χ0) is 18.5. The fourth-order valence-electron chi connectivity index (χ4n) is 3.04. The Balaban J connectivity index is 1.77. The van der Waals surface area contributed by atoms with Crippen LogP contribution in [-0.4, -0.2) is 17.6 Å². The van der Waals surface area contributed by atoms with Gasteiger partial charge in [0.25, 0.3) is 0 Å². The van der Waals surface area contributed by atoms with Crippen LogP contribution >= 0.6 is 0 Å². The number of aryl methyl sites for hydroxylation is 2. The Labute approximate surface area is 150 Å². The van der Waals surface area contributed by atoms with Crippen LogP contribution in [0.15, 0.2) is 70.4 Å². The summed E-state index contributed by atoms with van der Waals surface area (Å²) in [7, 11) is -0.773. The van der Waals surface area contributed by atoms with Crippen molar-refractivity contribution in [1.82, 2.24) is 9.13 Å². The third-order valence-corrected chi connectivity index (χ3v) is 5.70. The normalized spacial score (nSPS) is 11.9. The first-order chi connectivity index (χ1) is 12.4. The Morgan fingerprint density at radius 3 is 2.27 bits per heavy atom. The van der Waals surface area contributed by atoms with Crippen LogP contribution in [0.5, 0.6) is 5.75 Å². The van der Waals surface area contributed by atoms with Gasteiger partial charge in [-0.15, -0.1) is 0 Å². The van der Waals surface area contributed by atoms with E-state index < -0.39 is 10.1 Å². The molecule has 6 nitrogen and oxygen atoms in total. The van der Waals surface area contributed by atoms with Gasteiger partial charge in [0.15, 0.2) is 0 Å². The average molecular weight is 368 g/mol. The third kappa shape index (κ3) is 2.57. The summed E-state index contributed by atoms with van der Waals surface area (Å²) in [6.07, 6.45) is 0. The maximum absolute atomic E-state index is 12.7. The predicted octanol–water partition coefficient (Wildman–Crippen LogP) is 2.80. The standard InChI is InChI=1S/C19H16N2O4S/c1-20-17-10-9-16(12-18(17)21(2)19(20)22)26(23,24)25-15-8-7-13-5-3-4-6-14(13)11-15/h3-12H,1-2H3. The summed E-state index contributed by atoms with van der Waals surface area (Å²) in [4.78, 5) is 12.0. The third-order valence-electron chi connectivity index (χ3n) is 4.46. The molecule has 0 aliphatic carbocycles. The molecule has 7 heteroatoms. The molecule has 0 aliphatic heterocycles. The van der Waals surface area contributed by atoms with E-state index in [-0.39, 0.29) is 16.3 Å². The second kappa shape index (κ2) is 5.74. The molecular weight excluding hydrogens is 352 g/mol. The van der Waals surface area contributed by atoms with Crippen LogP contribution in [-0.2, 0) is 24.2 Å². The fraction of sp³-hybridized carbons (Fsp3) is 0.105. The van der Waals surface area contributed by atoms with Crippen LogP contribution < -0.4 is 9.87 Å². The van der Waals surface area contributed by atoms with E-state index in [0.717, 1.165) is 10.8 Å². The zero-order valence-corrected chi connectivity index (χ0v) is 15.0. The van der Waals surface area contributed by atoms with Gasteiger partial charge < -0.3 is 4.18 Å². The Kier molecular flexibility index (Phi) is 3.62. The Morgan fingerprint density at radius 1 is 0.808 bits per heavy atom. The molecule has 0 fully saturated rings. The number of rotatable bonds is 3. The van der Waals surface area contributed by atoms with E-state index in [0.29, 0.717) is 11.0 Å². The molecule has 0 spiro atoms. The van der Waals surface area contributed by atoms with Crippen molar-refractivity contribution in [2.45, 2.75) is 4.90 Å². The molecule has 0 amide bonds. The summed E-state index contributed by atoms with van der Waals surface area (Å²) in [6, 6.07) is 17.2. The fourth-order valence-corrected chi connectivity index (χ4v) is 3.98. The number of benzene rings is 3. The molecule has 1 aromatic heterocycles. The van der Waals surface area contributed by atoms with Gasteiger partial charge in [0.2, 0.25) is 0 Å². The second-order valence-electron chi connectivity index (χ2n) is 6.10. The van der Waals surface area contributed by atoms with Crippen LogP contribution in [0, 0.1) is 0 Å². The van der Waals surface area contributed by atoms with Gasteiger partial charge in [0, 0.05) is 14.1 Å². The minimum absolute atomic E-state index is 0.000594. The molecule has 1 heterocycles. The van der Waals surface area contributed by atoms with Crippen molar-refractivity contribution in [1.29, 1.82) is 0 Å². The molecule has 0 N–H and O–H groups in total. The second-order valence-corrected chi connectivity index (χ2v) is 7.64. The van der Waals surface area contributed by atoms with E-state index in [2.05, 4.69) is 0 Å². The highest BCUT2D eigenvalue weighted by Gasteiger charge is 2.19. The van der Waals surface area contributed by atoms with E-state index in [4.69, 9.17) is 4.18 Å². The molecule has 3 aromatic carbocycles. The first-order valence-corrected chi connectivity index (χ1v) is 9.36. The molecular formula is C19H16N2O4S. The van der Waals surface area contributed by atoms with Gasteiger partial charge in [-0.25, -0.2) is 4.79 Å². The van der Waals surface area contributed by atoms with Gasteiger partial charge in [0.05, 0.1) is 11.0 Å². The lowest BCUT2D eigenvalue weighted by molar-refractivity contribution is 0.486. The van der Waals surface area contributed by atoms with Crippen LogP contribution in [0.25, 0.3) is 21.8 Å². The van der Waals surface area contributed by atoms with Crippen molar-refractivity contribution in [3.05, 3.63) is 71.1 Å². The maximum atomic E-state index is 12.7. The topological polar surface area (TPSA) is 70.3 Å². The number of fused-ring (bicyclic) bond motifs is 2. The molecule has 0 aliphatic rings. The monoisotopic (exact) mass is 368 g/mol. The first-order valence-electron chi connectivity index (χ1n) is 7.95. The number of hydrogen-bond donors (Lipinski definition) is 0. The highest BCUT2D eigenvalue weighted by Crippen LogP contribution is 2.25. The average Bonchev–Trinajstić information content (AvgIpc) is 2.85. The van der Waals surface area contributed by atoms with Gasteiger partial charge in [-0.3, -0.25) is 9.13 Å².